The third kappa shape index (κ3) is 1.91. The van der Waals surface area contributed by atoms with Gasteiger partial charge in [0.05, 0.1) is 10.6 Å². The molecule has 0 N–H and O–H groups in total. The number of carbonyl (C=O) groups excluding carboxylic acids is 1. The first-order valence-electron chi connectivity index (χ1n) is 5.31. The summed E-state index contributed by atoms with van der Waals surface area (Å²) < 4.78 is 0. The van der Waals surface area contributed by atoms with Crippen LogP contribution < -0.4 is 4.90 Å². The van der Waals surface area contributed by atoms with E-state index >= 15 is 0 Å². The topological polar surface area (TPSA) is 33.2 Å². The van der Waals surface area contributed by atoms with Gasteiger partial charge >= 0.3 is 0 Å². The molecule has 0 radical (unpaired) electrons. The molecule has 15 heavy (non-hydrogen) atoms. The number of rotatable bonds is 2. The minimum Gasteiger partial charge on any atom is -0.345 e. The second-order valence-corrected chi connectivity index (χ2v) is 5.42. The number of thiazole rings is 1. The van der Waals surface area contributed by atoms with E-state index in [1.165, 1.54) is 17.8 Å². The molecule has 4 heteroatoms. The van der Waals surface area contributed by atoms with Crippen molar-refractivity contribution in [1.82, 2.24) is 4.98 Å². The Bertz CT molecular complexity index is 375. The SMILES string of the molecule is Cc1nc(N2CC(C)CC2C)sc1C=O. The highest BCUT2D eigenvalue weighted by Gasteiger charge is 2.28. The van der Waals surface area contributed by atoms with Gasteiger partial charge < -0.3 is 4.90 Å². The second-order valence-electron chi connectivity index (χ2n) is 4.41. The zero-order valence-corrected chi connectivity index (χ0v) is 10.2. The Morgan fingerprint density at radius 2 is 2.27 bits per heavy atom. The van der Waals surface area contributed by atoms with Gasteiger partial charge in [-0.15, -0.1) is 0 Å². The Morgan fingerprint density at radius 3 is 2.73 bits per heavy atom. The number of aldehydes is 1. The van der Waals surface area contributed by atoms with Crippen LogP contribution >= 0.6 is 11.3 Å². The highest BCUT2D eigenvalue weighted by atomic mass is 32.1. The van der Waals surface area contributed by atoms with Gasteiger partial charge in [-0.2, -0.15) is 0 Å². The molecule has 2 rings (SSSR count). The standard InChI is InChI=1S/C11H16N2OS/c1-7-4-8(2)13(5-7)11-12-9(3)10(6-14)15-11/h6-8H,4-5H2,1-3H3. The first-order valence-corrected chi connectivity index (χ1v) is 6.12. The van der Waals surface area contributed by atoms with Crippen LogP contribution in [0.5, 0.6) is 0 Å². The van der Waals surface area contributed by atoms with E-state index in [4.69, 9.17) is 0 Å². The molecular formula is C11H16N2OS. The molecule has 1 aromatic rings. The number of hydrogen-bond acceptors (Lipinski definition) is 4. The van der Waals surface area contributed by atoms with Crippen LogP contribution in [0.25, 0.3) is 0 Å². The molecule has 0 aromatic carbocycles. The van der Waals surface area contributed by atoms with Gasteiger partial charge in [-0.05, 0) is 26.2 Å². The smallest absolute Gasteiger partial charge is 0.186 e. The fraction of sp³-hybridized carbons (Fsp3) is 0.636. The van der Waals surface area contributed by atoms with Crippen molar-refractivity contribution in [3.63, 3.8) is 0 Å². The number of aryl methyl sites for hydroxylation is 1. The van der Waals surface area contributed by atoms with Gasteiger partial charge in [0.2, 0.25) is 0 Å². The predicted octanol–water partition coefficient (Wildman–Crippen LogP) is 2.50. The number of carbonyl (C=O) groups is 1. The molecule has 2 unspecified atom stereocenters. The van der Waals surface area contributed by atoms with Crippen LogP contribution in [-0.4, -0.2) is 23.9 Å². The maximum absolute atomic E-state index is 10.8. The van der Waals surface area contributed by atoms with E-state index in [0.29, 0.717) is 6.04 Å². The Hall–Kier alpha value is -0.900. The van der Waals surface area contributed by atoms with E-state index in [1.807, 2.05) is 6.92 Å². The lowest BCUT2D eigenvalue weighted by Gasteiger charge is -2.19. The molecule has 82 valence electrons. The normalized spacial score (nSPS) is 25.9. The van der Waals surface area contributed by atoms with E-state index in [-0.39, 0.29) is 0 Å². The van der Waals surface area contributed by atoms with Crippen LogP contribution in [-0.2, 0) is 0 Å². The molecule has 2 atom stereocenters. The summed E-state index contributed by atoms with van der Waals surface area (Å²) >= 11 is 1.51. The van der Waals surface area contributed by atoms with Crippen molar-refractivity contribution in [2.45, 2.75) is 33.2 Å². The van der Waals surface area contributed by atoms with Crippen molar-refractivity contribution in [2.24, 2.45) is 5.92 Å². The highest BCUT2D eigenvalue weighted by Crippen LogP contribution is 2.32. The average Bonchev–Trinajstić information content (AvgIpc) is 2.69. The van der Waals surface area contributed by atoms with Crippen LogP contribution in [0.1, 0.15) is 35.6 Å². The van der Waals surface area contributed by atoms with Gasteiger partial charge in [0.25, 0.3) is 0 Å². The summed E-state index contributed by atoms with van der Waals surface area (Å²) in [7, 11) is 0. The first kappa shape index (κ1) is 10.6. The van der Waals surface area contributed by atoms with Crippen molar-refractivity contribution < 1.29 is 4.79 Å². The summed E-state index contributed by atoms with van der Waals surface area (Å²) in [6, 6.07) is 0.546. The predicted molar refractivity (Wildman–Crippen MR) is 62.8 cm³/mol. The minimum atomic E-state index is 0.546. The maximum Gasteiger partial charge on any atom is 0.186 e. The molecule has 1 aliphatic rings. The van der Waals surface area contributed by atoms with Crippen molar-refractivity contribution in [3.05, 3.63) is 10.6 Å². The summed E-state index contributed by atoms with van der Waals surface area (Å²) in [5, 5.41) is 1.01. The van der Waals surface area contributed by atoms with Crippen molar-refractivity contribution in [2.75, 3.05) is 11.4 Å². The van der Waals surface area contributed by atoms with Crippen LogP contribution in [0.15, 0.2) is 0 Å². The molecule has 1 fully saturated rings. The largest absolute Gasteiger partial charge is 0.345 e. The fourth-order valence-corrected chi connectivity index (χ4v) is 3.18. The molecule has 2 heterocycles. The van der Waals surface area contributed by atoms with Gasteiger partial charge in [-0.1, -0.05) is 18.3 Å². The lowest BCUT2D eigenvalue weighted by molar-refractivity contribution is 0.112. The molecule has 1 aliphatic heterocycles. The van der Waals surface area contributed by atoms with E-state index in [2.05, 4.69) is 23.7 Å². The van der Waals surface area contributed by atoms with Gasteiger partial charge in [-0.25, -0.2) is 4.98 Å². The minimum absolute atomic E-state index is 0.546. The van der Waals surface area contributed by atoms with E-state index in [9.17, 15) is 4.79 Å². The Balaban J connectivity index is 2.26. The Labute approximate surface area is 94.1 Å². The van der Waals surface area contributed by atoms with Crippen LogP contribution in [0.4, 0.5) is 5.13 Å². The Morgan fingerprint density at radius 1 is 1.53 bits per heavy atom. The first-order chi connectivity index (χ1) is 7.11. The summed E-state index contributed by atoms with van der Waals surface area (Å²) in [6.07, 6.45) is 2.12. The van der Waals surface area contributed by atoms with Crippen molar-refractivity contribution in [3.8, 4) is 0 Å². The summed E-state index contributed by atoms with van der Waals surface area (Å²) in [6.45, 7) is 7.44. The Kier molecular flexibility index (Phi) is 2.78. The molecule has 0 saturated carbocycles. The van der Waals surface area contributed by atoms with Crippen LogP contribution in [0.2, 0.25) is 0 Å². The molecule has 0 bridgehead atoms. The van der Waals surface area contributed by atoms with Crippen LogP contribution in [0.3, 0.4) is 0 Å². The van der Waals surface area contributed by atoms with E-state index < -0.39 is 0 Å². The summed E-state index contributed by atoms with van der Waals surface area (Å²) in [5.41, 5.74) is 0.858. The molecule has 1 saturated heterocycles. The zero-order chi connectivity index (χ0) is 11.0. The molecule has 1 aromatic heterocycles. The monoisotopic (exact) mass is 224 g/mol. The number of aromatic nitrogens is 1. The maximum atomic E-state index is 10.8. The molecule has 0 aliphatic carbocycles. The van der Waals surface area contributed by atoms with Crippen molar-refractivity contribution >= 4 is 22.8 Å². The average molecular weight is 224 g/mol. The van der Waals surface area contributed by atoms with Gasteiger partial charge in [-0.3, -0.25) is 4.79 Å². The third-order valence-corrected chi connectivity index (χ3v) is 4.08. The quantitative estimate of drug-likeness (QED) is 0.724. The lowest BCUT2D eigenvalue weighted by atomic mass is 10.1. The molecule has 0 spiro atoms. The van der Waals surface area contributed by atoms with Gasteiger partial charge in [0.15, 0.2) is 11.4 Å². The third-order valence-electron chi connectivity index (χ3n) is 2.96. The van der Waals surface area contributed by atoms with E-state index in [0.717, 1.165) is 34.5 Å². The van der Waals surface area contributed by atoms with E-state index in [1.54, 1.807) is 0 Å². The number of nitrogens with zero attached hydrogens (tertiary/aromatic N) is 2. The summed E-state index contributed by atoms with van der Waals surface area (Å²) in [4.78, 5) is 18.3. The molecule has 3 nitrogen and oxygen atoms in total. The number of hydrogen-bond donors (Lipinski definition) is 0. The zero-order valence-electron chi connectivity index (χ0n) is 9.36. The lowest BCUT2D eigenvalue weighted by Crippen LogP contribution is -2.26. The van der Waals surface area contributed by atoms with Gasteiger partial charge in [0, 0.05) is 12.6 Å². The second kappa shape index (κ2) is 3.93. The molecule has 0 amide bonds. The van der Waals surface area contributed by atoms with Crippen molar-refractivity contribution in [1.29, 1.82) is 0 Å². The highest BCUT2D eigenvalue weighted by molar-refractivity contribution is 7.17. The van der Waals surface area contributed by atoms with Gasteiger partial charge in [0.1, 0.15) is 0 Å². The number of anilines is 1. The van der Waals surface area contributed by atoms with Crippen LogP contribution in [0, 0.1) is 12.8 Å². The molecular weight excluding hydrogens is 208 g/mol. The fourth-order valence-electron chi connectivity index (χ4n) is 2.19. The summed E-state index contributed by atoms with van der Waals surface area (Å²) in [5.74, 6) is 0.726.